The Morgan fingerprint density at radius 3 is 2.70 bits per heavy atom. The van der Waals surface area contributed by atoms with Gasteiger partial charge in [-0.2, -0.15) is 4.98 Å². The monoisotopic (exact) mass is 281 g/mol. The Balaban J connectivity index is 1.94. The molecule has 5 nitrogen and oxygen atoms in total. The van der Waals surface area contributed by atoms with Crippen LogP contribution in [0.25, 0.3) is 0 Å². The molecule has 20 heavy (non-hydrogen) atoms. The minimum atomic E-state index is 0.184. The van der Waals surface area contributed by atoms with Gasteiger partial charge in [-0.05, 0) is 18.8 Å². The van der Waals surface area contributed by atoms with Crippen molar-refractivity contribution in [3.8, 4) is 0 Å². The van der Waals surface area contributed by atoms with Gasteiger partial charge in [-0.1, -0.05) is 38.3 Å². The average Bonchev–Trinajstić information content (AvgIpc) is 2.86. The van der Waals surface area contributed by atoms with E-state index in [0.717, 1.165) is 12.2 Å². The van der Waals surface area contributed by atoms with E-state index in [4.69, 9.17) is 4.52 Å². The fraction of sp³-hybridized carbons (Fsp3) is 0.867. The van der Waals surface area contributed by atoms with E-state index in [2.05, 4.69) is 28.9 Å². The molecule has 1 N–H and O–H groups in total. The quantitative estimate of drug-likeness (QED) is 0.831. The first-order valence-corrected chi connectivity index (χ1v) is 7.85. The summed E-state index contributed by atoms with van der Waals surface area (Å²) in [6.07, 6.45) is 7.19. The van der Waals surface area contributed by atoms with E-state index in [0.29, 0.717) is 30.9 Å². The van der Waals surface area contributed by atoms with Gasteiger partial charge >= 0.3 is 0 Å². The predicted octanol–water partition coefficient (Wildman–Crippen LogP) is 2.40. The zero-order valence-electron chi connectivity index (χ0n) is 12.7. The smallest absolute Gasteiger partial charge is 0.240 e. The molecule has 0 atom stereocenters. The Labute approximate surface area is 121 Å². The first-order chi connectivity index (χ1) is 9.69. The van der Waals surface area contributed by atoms with Gasteiger partial charge in [0.25, 0.3) is 0 Å². The van der Waals surface area contributed by atoms with Crippen molar-refractivity contribution in [1.29, 1.82) is 0 Å². The van der Waals surface area contributed by atoms with Crippen molar-refractivity contribution in [3.63, 3.8) is 0 Å². The van der Waals surface area contributed by atoms with Gasteiger partial charge in [-0.25, -0.2) is 0 Å². The van der Waals surface area contributed by atoms with Crippen LogP contribution in [0.4, 0.5) is 0 Å². The lowest BCUT2D eigenvalue weighted by Crippen LogP contribution is -2.38. The summed E-state index contributed by atoms with van der Waals surface area (Å²) >= 11 is 0. The highest BCUT2D eigenvalue weighted by Crippen LogP contribution is 2.23. The summed E-state index contributed by atoms with van der Waals surface area (Å²) in [6, 6.07) is 0.552. The van der Waals surface area contributed by atoms with Crippen LogP contribution in [0.15, 0.2) is 4.52 Å². The van der Waals surface area contributed by atoms with E-state index in [1.165, 1.54) is 32.1 Å². The molecule has 0 aliphatic heterocycles. The molecule has 0 radical (unpaired) electrons. The first-order valence-electron chi connectivity index (χ1n) is 7.85. The zero-order chi connectivity index (χ0) is 14.4. The maximum atomic E-state index is 9.26. The lowest BCUT2D eigenvalue weighted by Gasteiger charge is -2.32. The Kier molecular flexibility index (Phi) is 5.98. The van der Waals surface area contributed by atoms with Gasteiger partial charge < -0.3 is 9.63 Å². The number of aliphatic hydroxyl groups excluding tert-OH is 1. The molecular weight excluding hydrogens is 254 g/mol. The summed E-state index contributed by atoms with van der Waals surface area (Å²) in [7, 11) is 0. The second-order valence-corrected chi connectivity index (χ2v) is 6.19. The minimum Gasteiger partial charge on any atom is -0.395 e. The van der Waals surface area contributed by atoms with Crippen LogP contribution in [-0.4, -0.2) is 39.3 Å². The van der Waals surface area contributed by atoms with Crippen molar-refractivity contribution in [2.24, 2.45) is 5.92 Å². The summed E-state index contributed by atoms with van der Waals surface area (Å²) in [4.78, 5) is 6.76. The molecule has 1 aliphatic carbocycles. The third kappa shape index (κ3) is 4.56. The van der Waals surface area contributed by atoms with Crippen LogP contribution in [0.2, 0.25) is 0 Å². The number of aliphatic hydroxyl groups is 1. The minimum absolute atomic E-state index is 0.184. The van der Waals surface area contributed by atoms with Gasteiger partial charge in [0.2, 0.25) is 5.89 Å². The van der Waals surface area contributed by atoms with Crippen molar-refractivity contribution in [3.05, 3.63) is 11.7 Å². The van der Waals surface area contributed by atoms with Gasteiger partial charge in [-0.3, -0.25) is 4.90 Å². The normalized spacial score (nSPS) is 17.2. The van der Waals surface area contributed by atoms with Gasteiger partial charge in [0, 0.05) is 19.0 Å². The van der Waals surface area contributed by atoms with Gasteiger partial charge in [0.05, 0.1) is 13.2 Å². The third-order valence-corrected chi connectivity index (χ3v) is 3.92. The molecule has 0 aromatic carbocycles. The van der Waals surface area contributed by atoms with Crippen LogP contribution >= 0.6 is 0 Å². The second-order valence-electron chi connectivity index (χ2n) is 6.19. The van der Waals surface area contributed by atoms with Gasteiger partial charge in [0.15, 0.2) is 5.82 Å². The van der Waals surface area contributed by atoms with E-state index in [-0.39, 0.29) is 6.61 Å². The molecule has 114 valence electrons. The van der Waals surface area contributed by atoms with E-state index in [1.54, 1.807) is 0 Å². The van der Waals surface area contributed by atoms with Crippen molar-refractivity contribution < 1.29 is 9.63 Å². The summed E-state index contributed by atoms with van der Waals surface area (Å²) in [6.45, 7) is 5.83. The average molecular weight is 281 g/mol. The molecule has 1 heterocycles. The number of rotatable bonds is 7. The van der Waals surface area contributed by atoms with Gasteiger partial charge in [-0.15, -0.1) is 0 Å². The van der Waals surface area contributed by atoms with Crippen LogP contribution in [0.1, 0.15) is 57.7 Å². The van der Waals surface area contributed by atoms with Crippen molar-refractivity contribution in [1.82, 2.24) is 15.0 Å². The molecular formula is C15H27N3O2. The highest BCUT2D eigenvalue weighted by atomic mass is 16.5. The molecule has 1 fully saturated rings. The first kappa shape index (κ1) is 15.4. The SMILES string of the molecule is CC(C)Cc1noc(CN(CCO)C2CCCCC2)n1. The lowest BCUT2D eigenvalue weighted by molar-refractivity contribution is 0.105. The molecule has 1 aromatic heterocycles. The van der Waals surface area contributed by atoms with Crippen LogP contribution in [0.5, 0.6) is 0 Å². The van der Waals surface area contributed by atoms with E-state index >= 15 is 0 Å². The summed E-state index contributed by atoms with van der Waals surface area (Å²) < 4.78 is 5.35. The molecule has 0 saturated heterocycles. The number of aromatic nitrogens is 2. The topological polar surface area (TPSA) is 62.4 Å². The second kappa shape index (κ2) is 7.74. The maximum Gasteiger partial charge on any atom is 0.240 e. The number of hydrogen-bond donors (Lipinski definition) is 1. The predicted molar refractivity (Wildman–Crippen MR) is 77.2 cm³/mol. The van der Waals surface area contributed by atoms with Crippen molar-refractivity contribution in [2.45, 2.75) is 65.0 Å². The number of hydrogen-bond acceptors (Lipinski definition) is 5. The molecule has 1 saturated carbocycles. The van der Waals surface area contributed by atoms with E-state index in [9.17, 15) is 5.11 Å². The highest BCUT2D eigenvalue weighted by Gasteiger charge is 2.22. The summed E-state index contributed by atoms with van der Waals surface area (Å²) in [5, 5.41) is 13.3. The van der Waals surface area contributed by atoms with E-state index < -0.39 is 0 Å². The Hall–Kier alpha value is -0.940. The van der Waals surface area contributed by atoms with Crippen LogP contribution < -0.4 is 0 Å². The van der Waals surface area contributed by atoms with Crippen molar-refractivity contribution in [2.75, 3.05) is 13.2 Å². The van der Waals surface area contributed by atoms with Crippen LogP contribution in [-0.2, 0) is 13.0 Å². The molecule has 1 aromatic rings. The molecule has 0 amide bonds. The standard InChI is InChI=1S/C15H27N3O2/c1-12(2)10-14-16-15(20-17-14)11-18(8-9-19)13-6-4-3-5-7-13/h12-13,19H,3-11H2,1-2H3. The van der Waals surface area contributed by atoms with Gasteiger partial charge in [0.1, 0.15) is 0 Å². The van der Waals surface area contributed by atoms with Crippen LogP contribution in [0.3, 0.4) is 0 Å². The Morgan fingerprint density at radius 2 is 2.05 bits per heavy atom. The molecule has 0 bridgehead atoms. The molecule has 2 rings (SSSR count). The molecule has 1 aliphatic rings. The highest BCUT2D eigenvalue weighted by molar-refractivity contribution is 4.89. The zero-order valence-corrected chi connectivity index (χ0v) is 12.7. The van der Waals surface area contributed by atoms with E-state index in [1.807, 2.05) is 0 Å². The summed E-state index contributed by atoms with van der Waals surface area (Å²) in [5.41, 5.74) is 0. The molecule has 0 unspecified atom stereocenters. The molecule has 5 heteroatoms. The maximum absolute atomic E-state index is 9.26. The fourth-order valence-electron chi connectivity index (χ4n) is 2.94. The number of nitrogens with zero attached hydrogens (tertiary/aromatic N) is 3. The largest absolute Gasteiger partial charge is 0.395 e. The van der Waals surface area contributed by atoms with Crippen LogP contribution in [0, 0.1) is 5.92 Å². The van der Waals surface area contributed by atoms with Crippen molar-refractivity contribution >= 4 is 0 Å². The third-order valence-electron chi connectivity index (χ3n) is 3.92. The lowest BCUT2D eigenvalue weighted by atomic mass is 9.94. The summed E-state index contributed by atoms with van der Waals surface area (Å²) in [5.74, 6) is 2.01. The Bertz CT molecular complexity index is 386. The molecule has 0 spiro atoms. The Morgan fingerprint density at radius 1 is 1.30 bits per heavy atom. The fourth-order valence-corrected chi connectivity index (χ4v) is 2.94.